The van der Waals surface area contributed by atoms with Crippen molar-refractivity contribution >= 4 is 5.97 Å². The summed E-state index contributed by atoms with van der Waals surface area (Å²) in [6.45, 7) is 4.38. The largest absolute Gasteiger partial charge is 0.479 e. The maximum atomic E-state index is 10.6. The van der Waals surface area contributed by atoms with Crippen LogP contribution in [0.5, 0.6) is 0 Å². The van der Waals surface area contributed by atoms with E-state index >= 15 is 0 Å². The molecule has 1 atom stereocenters. The molecular formula is C12H25NO3. The standard InChI is InChI=1S/C12H25NO3/c1-3-4-5-6-7-8-9-13-10-12(2,16)11(14)15/h13,16H,3-10H2,1-2H3,(H,14,15). The van der Waals surface area contributed by atoms with Crippen LogP contribution in [0.2, 0.25) is 0 Å². The summed E-state index contributed by atoms with van der Waals surface area (Å²) in [5.74, 6) is -1.18. The molecule has 0 heterocycles. The third kappa shape index (κ3) is 7.65. The molecule has 0 spiro atoms. The van der Waals surface area contributed by atoms with Crippen molar-refractivity contribution in [3.05, 3.63) is 0 Å². The summed E-state index contributed by atoms with van der Waals surface area (Å²) in [5, 5.41) is 21.0. The van der Waals surface area contributed by atoms with Crippen molar-refractivity contribution in [3.8, 4) is 0 Å². The van der Waals surface area contributed by atoms with Crippen LogP contribution in [-0.4, -0.2) is 34.9 Å². The minimum atomic E-state index is -1.65. The average Bonchev–Trinajstić information content (AvgIpc) is 2.21. The average molecular weight is 231 g/mol. The van der Waals surface area contributed by atoms with Gasteiger partial charge in [0.25, 0.3) is 0 Å². The molecular weight excluding hydrogens is 206 g/mol. The van der Waals surface area contributed by atoms with Gasteiger partial charge in [-0.1, -0.05) is 39.0 Å². The van der Waals surface area contributed by atoms with Crippen molar-refractivity contribution in [2.75, 3.05) is 13.1 Å². The van der Waals surface area contributed by atoms with E-state index in [1.165, 1.54) is 39.0 Å². The predicted octanol–water partition coefficient (Wildman–Crippen LogP) is 1.77. The van der Waals surface area contributed by atoms with Crippen molar-refractivity contribution in [2.24, 2.45) is 0 Å². The van der Waals surface area contributed by atoms with Crippen molar-refractivity contribution in [3.63, 3.8) is 0 Å². The van der Waals surface area contributed by atoms with Gasteiger partial charge in [0.15, 0.2) is 5.60 Å². The highest BCUT2D eigenvalue weighted by Crippen LogP contribution is 2.05. The van der Waals surface area contributed by atoms with Gasteiger partial charge < -0.3 is 15.5 Å². The van der Waals surface area contributed by atoms with Crippen LogP contribution in [0.3, 0.4) is 0 Å². The summed E-state index contributed by atoms with van der Waals surface area (Å²) in [4.78, 5) is 10.6. The van der Waals surface area contributed by atoms with E-state index < -0.39 is 11.6 Å². The minimum absolute atomic E-state index is 0.108. The lowest BCUT2D eigenvalue weighted by atomic mass is 10.1. The van der Waals surface area contributed by atoms with Crippen LogP contribution in [-0.2, 0) is 4.79 Å². The number of aliphatic carboxylic acids is 1. The summed E-state index contributed by atoms with van der Waals surface area (Å²) >= 11 is 0. The van der Waals surface area contributed by atoms with Gasteiger partial charge in [-0.3, -0.25) is 0 Å². The molecule has 0 aliphatic carbocycles. The zero-order valence-corrected chi connectivity index (χ0v) is 10.5. The van der Waals surface area contributed by atoms with E-state index in [0.29, 0.717) is 0 Å². The Bertz CT molecular complexity index is 193. The SMILES string of the molecule is CCCCCCCCNCC(C)(O)C(=O)O. The van der Waals surface area contributed by atoms with Crippen LogP contribution < -0.4 is 5.32 Å². The number of carboxylic acids is 1. The summed E-state index contributed by atoms with van der Waals surface area (Å²) < 4.78 is 0. The number of unbranched alkanes of at least 4 members (excludes halogenated alkanes) is 5. The Balaban J connectivity index is 3.30. The molecule has 0 amide bonds. The Labute approximate surface area is 98.1 Å². The fraction of sp³-hybridized carbons (Fsp3) is 0.917. The zero-order valence-electron chi connectivity index (χ0n) is 10.5. The Morgan fingerprint density at radius 2 is 1.75 bits per heavy atom. The molecule has 4 nitrogen and oxygen atoms in total. The van der Waals surface area contributed by atoms with Gasteiger partial charge in [-0.2, -0.15) is 0 Å². The van der Waals surface area contributed by atoms with Crippen LogP contribution in [0.15, 0.2) is 0 Å². The van der Waals surface area contributed by atoms with Crippen molar-refractivity contribution < 1.29 is 15.0 Å². The van der Waals surface area contributed by atoms with E-state index in [2.05, 4.69) is 12.2 Å². The molecule has 96 valence electrons. The van der Waals surface area contributed by atoms with E-state index in [4.69, 9.17) is 5.11 Å². The van der Waals surface area contributed by atoms with Gasteiger partial charge in [0.2, 0.25) is 0 Å². The summed E-state index contributed by atoms with van der Waals surface area (Å²) in [7, 11) is 0. The predicted molar refractivity (Wildman–Crippen MR) is 64.5 cm³/mol. The lowest BCUT2D eigenvalue weighted by Gasteiger charge is -2.18. The van der Waals surface area contributed by atoms with Gasteiger partial charge >= 0.3 is 5.97 Å². The number of nitrogens with one attached hydrogen (secondary N) is 1. The number of aliphatic hydroxyl groups is 1. The first-order chi connectivity index (χ1) is 7.50. The van der Waals surface area contributed by atoms with Gasteiger partial charge in [-0.05, 0) is 19.9 Å². The van der Waals surface area contributed by atoms with Crippen LogP contribution in [0.25, 0.3) is 0 Å². The lowest BCUT2D eigenvalue weighted by Crippen LogP contribution is -2.45. The molecule has 3 N–H and O–H groups in total. The Kier molecular flexibility index (Phi) is 8.21. The smallest absolute Gasteiger partial charge is 0.336 e. The second kappa shape index (κ2) is 8.53. The molecule has 0 fully saturated rings. The van der Waals surface area contributed by atoms with Gasteiger partial charge in [-0.25, -0.2) is 4.79 Å². The van der Waals surface area contributed by atoms with E-state index in [-0.39, 0.29) is 6.54 Å². The molecule has 0 aliphatic heterocycles. The highest BCUT2D eigenvalue weighted by atomic mass is 16.4. The second-order valence-electron chi connectivity index (χ2n) is 4.52. The fourth-order valence-corrected chi connectivity index (χ4v) is 1.44. The molecule has 0 aromatic rings. The molecule has 0 saturated heterocycles. The van der Waals surface area contributed by atoms with E-state index in [0.717, 1.165) is 13.0 Å². The van der Waals surface area contributed by atoms with Gasteiger partial charge in [-0.15, -0.1) is 0 Å². The van der Waals surface area contributed by atoms with Crippen molar-refractivity contribution in [1.29, 1.82) is 0 Å². The maximum absolute atomic E-state index is 10.6. The zero-order chi connectivity index (χ0) is 12.4. The van der Waals surface area contributed by atoms with E-state index in [1.54, 1.807) is 0 Å². The Morgan fingerprint density at radius 1 is 1.19 bits per heavy atom. The molecule has 0 aliphatic rings. The molecule has 0 rings (SSSR count). The normalized spacial score (nSPS) is 14.7. The number of rotatable bonds is 10. The number of hydrogen-bond donors (Lipinski definition) is 3. The Morgan fingerprint density at radius 3 is 2.31 bits per heavy atom. The van der Waals surface area contributed by atoms with Crippen LogP contribution in [0.4, 0.5) is 0 Å². The third-order valence-corrected chi connectivity index (χ3v) is 2.64. The van der Waals surface area contributed by atoms with Gasteiger partial charge in [0.1, 0.15) is 0 Å². The molecule has 4 heteroatoms. The van der Waals surface area contributed by atoms with Crippen LogP contribution in [0.1, 0.15) is 52.4 Å². The quantitative estimate of drug-likeness (QED) is 0.501. The second-order valence-corrected chi connectivity index (χ2v) is 4.52. The number of carbonyl (C=O) groups is 1. The lowest BCUT2D eigenvalue weighted by molar-refractivity contribution is -0.156. The van der Waals surface area contributed by atoms with Crippen LogP contribution >= 0.6 is 0 Å². The summed E-state index contributed by atoms with van der Waals surface area (Å²) in [6, 6.07) is 0. The van der Waals surface area contributed by atoms with Gasteiger partial charge in [0, 0.05) is 6.54 Å². The first-order valence-corrected chi connectivity index (χ1v) is 6.17. The highest BCUT2D eigenvalue weighted by molar-refractivity contribution is 5.76. The third-order valence-electron chi connectivity index (χ3n) is 2.64. The topological polar surface area (TPSA) is 69.6 Å². The number of carboxylic acid groups (broad SMARTS) is 1. The van der Waals surface area contributed by atoms with E-state index in [9.17, 15) is 9.90 Å². The molecule has 0 radical (unpaired) electrons. The van der Waals surface area contributed by atoms with E-state index in [1.807, 2.05) is 0 Å². The fourth-order valence-electron chi connectivity index (χ4n) is 1.44. The molecule has 0 bridgehead atoms. The Hall–Kier alpha value is -0.610. The monoisotopic (exact) mass is 231 g/mol. The highest BCUT2D eigenvalue weighted by Gasteiger charge is 2.28. The molecule has 16 heavy (non-hydrogen) atoms. The first-order valence-electron chi connectivity index (χ1n) is 6.17. The summed E-state index contributed by atoms with van der Waals surface area (Å²) in [5.41, 5.74) is -1.65. The first kappa shape index (κ1) is 15.4. The molecule has 0 saturated carbocycles. The van der Waals surface area contributed by atoms with Crippen molar-refractivity contribution in [1.82, 2.24) is 5.32 Å². The maximum Gasteiger partial charge on any atom is 0.336 e. The summed E-state index contributed by atoms with van der Waals surface area (Å²) in [6.07, 6.45) is 7.27. The molecule has 0 aromatic carbocycles. The molecule has 0 aromatic heterocycles. The molecule has 1 unspecified atom stereocenters. The van der Waals surface area contributed by atoms with Gasteiger partial charge in [0.05, 0.1) is 0 Å². The van der Waals surface area contributed by atoms with Crippen LogP contribution in [0, 0.1) is 0 Å². The number of hydrogen-bond acceptors (Lipinski definition) is 3. The van der Waals surface area contributed by atoms with Crippen molar-refractivity contribution in [2.45, 2.75) is 58.0 Å². The minimum Gasteiger partial charge on any atom is -0.479 e.